The van der Waals surface area contributed by atoms with E-state index in [-0.39, 0.29) is 11.3 Å². The minimum Gasteiger partial charge on any atom is -0.325 e. The van der Waals surface area contributed by atoms with Gasteiger partial charge < -0.3 is 5.32 Å². The van der Waals surface area contributed by atoms with Crippen LogP contribution in [0.3, 0.4) is 0 Å². The number of carbonyl (C=O) groups excluding carboxylic acids is 1. The van der Waals surface area contributed by atoms with Gasteiger partial charge in [-0.25, -0.2) is 0 Å². The van der Waals surface area contributed by atoms with Crippen molar-refractivity contribution in [2.24, 2.45) is 0 Å². The summed E-state index contributed by atoms with van der Waals surface area (Å²) >= 11 is 0. The average molecular weight is 205 g/mol. The van der Waals surface area contributed by atoms with Gasteiger partial charge in [0.25, 0.3) is 0 Å². The number of aryl methyl sites for hydroxylation is 1. The van der Waals surface area contributed by atoms with Gasteiger partial charge in [0.2, 0.25) is 5.91 Å². The Labute approximate surface area is 91.7 Å². The molecule has 0 aromatic heterocycles. The summed E-state index contributed by atoms with van der Waals surface area (Å²) in [6.45, 7) is 9.94. The molecular weight excluding hydrogens is 186 g/mol. The summed E-state index contributed by atoms with van der Waals surface area (Å²) < 4.78 is 0. The molecule has 0 unspecified atom stereocenters. The molecule has 0 radical (unpaired) electrons. The normalized spacial score (nSPS) is 16.2. The molecule has 1 aromatic rings. The fraction of sp³-hybridized carbons (Fsp3) is 0.462. The van der Waals surface area contributed by atoms with E-state index in [4.69, 9.17) is 0 Å². The fourth-order valence-electron chi connectivity index (χ4n) is 1.69. The zero-order valence-electron chi connectivity index (χ0n) is 10.1. The first-order valence-corrected chi connectivity index (χ1v) is 5.44. The molecule has 82 valence electrons. The lowest BCUT2D eigenvalue weighted by atomic mass is 9.85. The molecule has 15 heavy (non-hydrogen) atoms. The van der Waals surface area contributed by atoms with Gasteiger partial charge in [0, 0.05) is 5.69 Å². The Morgan fingerprint density at radius 2 is 1.80 bits per heavy atom. The van der Waals surface area contributed by atoms with Gasteiger partial charge in [0.05, 0.1) is 5.41 Å². The van der Waals surface area contributed by atoms with Gasteiger partial charge in [-0.2, -0.15) is 0 Å². The summed E-state index contributed by atoms with van der Waals surface area (Å²) in [5, 5.41) is 2.88. The number of nitrogens with one attached hydrogen (secondary N) is 1. The Morgan fingerprint density at radius 3 is 2.40 bits per heavy atom. The molecule has 1 heterocycles. The van der Waals surface area contributed by atoms with Crippen LogP contribution in [0.5, 0.6) is 0 Å². The second-order valence-electron chi connectivity index (χ2n) is 4.13. The third-order valence-electron chi connectivity index (χ3n) is 2.66. The molecule has 0 spiro atoms. The second kappa shape index (κ2) is 4.05. The maximum Gasteiger partial charge on any atom is 0.234 e. The summed E-state index contributed by atoms with van der Waals surface area (Å²) in [5.74, 6) is 0.0908. The van der Waals surface area contributed by atoms with Gasteiger partial charge in [-0.15, -0.1) is 0 Å². The first-order chi connectivity index (χ1) is 7.01. The lowest BCUT2D eigenvalue weighted by Crippen LogP contribution is -2.26. The zero-order chi connectivity index (χ0) is 11.6. The number of anilines is 1. The Morgan fingerprint density at radius 1 is 1.20 bits per heavy atom. The molecule has 0 bridgehead atoms. The molecule has 0 saturated carbocycles. The summed E-state index contributed by atoms with van der Waals surface area (Å²) in [4.78, 5) is 11.6. The van der Waals surface area contributed by atoms with E-state index in [1.54, 1.807) is 0 Å². The van der Waals surface area contributed by atoms with Crippen molar-refractivity contribution in [2.75, 3.05) is 5.32 Å². The summed E-state index contributed by atoms with van der Waals surface area (Å²) in [6.07, 6.45) is 0. The van der Waals surface area contributed by atoms with Gasteiger partial charge in [-0.3, -0.25) is 4.79 Å². The Balaban J connectivity index is 0.000000531. The lowest BCUT2D eigenvalue weighted by Gasteiger charge is -2.14. The minimum absolute atomic E-state index is 0.0908. The molecule has 2 nitrogen and oxygen atoms in total. The van der Waals surface area contributed by atoms with Crippen LogP contribution in [0.1, 0.15) is 38.8 Å². The van der Waals surface area contributed by atoms with Crippen LogP contribution in [0.2, 0.25) is 0 Å². The number of benzene rings is 1. The van der Waals surface area contributed by atoms with Crippen LogP contribution in [-0.4, -0.2) is 5.91 Å². The van der Waals surface area contributed by atoms with Crippen molar-refractivity contribution in [3.05, 3.63) is 29.3 Å². The van der Waals surface area contributed by atoms with Crippen LogP contribution in [0.4, 0.5) is 5.69 Å². The van der Waals surface area contributed by atoms with Crippen molar-refractivity contribution in [1.82, 2.24) is 0 Å². The van der Waals surface area contributed by atoms with E-state index in [0.717, 1.165) is 11.3 Å². The van der Waals surface area contributed by atoms with Gasteiger partial charge in [0.1, 0.15) is 0 Å². The van der Waals surface area contributed by atoms with Crippen LogP contribution in [-0.2, 0) is 10.2 Å². The van der Waals surface area contributed by atoms with Gasteiger partial charge in [-0.1, -0.05) is 31.5 Å². The highest BCUT2D eigenvalue weighted by Gasteiger charge is 2.37. The van der Waals surface area contributed by atoms with E-state index < -0.39 is 0 Å². The molecule has 2 rings (SSSR count). The zero-order valence-corrected chi connectivity index (χ0v) is 10.1. The number of amides is 1. The second-order valence-corrected chi connectivity index (χ2v) is 4.13. The summed E-state index contributed by atoms with van der Waals surface area (Å²) in [6, 6.07) is 6.06. The standard InChI is InChI=1S/C11H13NO.C2H6/c1-7-4-5-9-8(6-7)11(2,3)10(13)12-9;1-2/h4-6H,1-3H3,(H,12,13);1-2H3. The van der Waals surface area contributed by atoms with E-state index in [9.17, 15) is 4.79 Å². The highest BCUT2D eigenvalue weighted by molar-refractivity contribution is 6.05. The molecule has 0 aliphatic carbocycles. The first-order valence-electron chi connectivity index (χ1n) is 5.44. The van der Waals surface area contributed by atoms with Gasteiger partial charge >= 0.3 is 0 Å². The van der Waals surface area contributed by atoms with Crippen LogP contribution >= 0.6 is 0 Å². The average Bonchev–Trinajstić information content (AvgIpc) is 2.43. The predicted molar refractivity (Wildman–Crippen MR) is 64.2 cm³/mol. The van der Waals surface area contributed by atoms with E-state index in [0.29, 0.717) is 0 Å². The Bertz CT molecular complexity index is 380. The molecule has 2 heteroatoms. The quantitative estimate of drug-likeness (QED) is 0.692. The van der Waals surface area contributed by atoms with Crippen molar-refractivity contribution in [3.63, 3.8) is 0 Å². The largest absolute Gasteiger partial charge is 0.325 e. The van der Waals surface area contributed by atoms with Crippen LogP contribution in [0.15, 0.2) is 18.2 Å². The molecule has 1 amide bonds. The molecule has 1 N–H and O–H groups in total. The Kier molecular flexibility index (Phi) is 3.18. The van der Waals surface area contributed by atoms with Crippen molar-refractivity contribution in [2.45, 2.75) is 40.0 Å². The number of fused-ring (bicyclic) bond motifs is 1. The lowest BCUT2D eigenvalue weighted by molar-refractivity contribution is -0.119. The smallest absolute Gasteiger partial charge is 0.234 e. The van der Waals surface area contributed by atoms with Crippen LogP contribution in [0, 0.1) is 6.92 Å². The van der Waals surface area contributed by atoms with Crippen molar-refractivity contribution >= 4 is 11.6 Å². The SMILES string of the molecule is CC.Cc1ccc2c(c1)C(C)(C)C(=O)N2. The van der Waals surface area contributed by atoms with Crippen molar-refractivity contribution in [1.29, 1.82) is 0 Å². The van der Waals surface area contributed by atoms with E-state index in [1.165, 1.54) is 5.56 Å². The van der Waals surface area contributed by atoms with Crippen molar-refractivity contribution < 1.29 is 4.79 Å². The van der Waals surface area contributed by atoms with Crippen LogP contribution < -0.4 is 5.32 Å². The molecule has 1 aromatic carbocycles. The monoisotopic (exact) mass is 205 g/mol. The molecule has 1 aliphatic heterocycles. The van der Waals surface area contributed by atoms with E-state index >= 15 is 0 Å². The number of hydrogen-bond donors (Lipinski definition) is 1. The predicted octanol–water partition coefficient (Wildman–Crippen LogP) is 3.25. The minimum atomic E-state index is -0.374. The fourth-order valence-corrected chi connectivity index (χ4v) is 1.69. The van der Waals surface area contributed by atoms with Crippen molar-refractivity contribution in [3.8, 4) is 0 Å². The molecule has 0 fully saturated rings. The summed E-state index contributed by atoms with van der Waals surface area (Å²) in [5.41, 5.74) is 2.89. The van der Waals surface area contributed by atoms with Gasteiger partial charge in [-0.05, 0) is 32.4 Å². The molecule has 0 saturated heterocycles. The molecule has 1 aliphatic rings. The van der Waals surface area contributed by atoms with Crippen LogP contribution in [0.25, 0.3) is 0 Å². The summed E-state index contributed by atoms with van der Waals surface area (Å²) in [7, 11) is 0. The molecular formula is C13H19NO. The Hall–Kier alpha value is -1.31. The van der Waals surface area contributed by atoms with Gasteiger partial charge in [0.15, 0.2) is 0 Å². The highest BCUT2D eigenvalue weighted by Crippen LogP contribution is 2.37. The number of hydrogen-bond acceptors (Lipinski definition) is 1. The highest BCUT2D eigenvalue weighted by atomic mass is 16.2. The number of carbonyl (C=O) groups is 1. The van der Waals surface area contributed by atoms with E-state index in [2.05, 4.69) is 11.4 Å². The van der Waals surface area contributed by atoms with E-state index in [1.807, 2.05) is 46.8 Å². The topological polar surface area (TPSA) is 29.1 Å². The maximum atomic E-state index is 11.6. The maximum absolute atomic E-state index is 11.6. The number of rotatable bonds is 0. The third-order valence-corrected chi connectivity index (χ3v) is 2.66. The third kappa shape index (κ3) is 1.89. The molecule has 0 atom stereocenters. The first kappa shape index (κ1) is 11.8.